The Hall–Kier alpha value is -2.00. The Balaban J connectivity index is 1.61. The molecule has 1 unspecified atom stereocenters. The molecule has 1 aliphatic rings. The fraction of sp³-hybridized carbons (Fsp3) is 0.364. The van der Waals surface area contributed by atoms with Crippen molar-refractivity contribution in [2.45, 2.75) is 31.6 Å². The van der Waals surface area contributed by atoms with Gasteiger partial charge in [-0.3, -0.25) is 9.69 Å². The first-order chi connectivity index (χ1) is 14.8. The summed E-state index contributed by atoms with van der Waals surface area (Å²) in [7, 11) is -3.64. The number of ether oxygens (including phenoxy) is 1. The van der Waals surface area contributed by atoms with Crippen LogP contribution in [0.3, 0.4) is 0 Å². The van der Waals surface area contributed by atoms with E-state index in [0.29, 0.717) is 22.3 Å². The van der Waals surface area contributed by atoms with Gasteiger partial charge in [0.15, 0.2) is 15.0 Å². The highest BCUT2D eigenvalue weighted by Gasteiger charge is 2.29. The minimum atomic E-state index is -3.64. The number of amides is 1. The molecule has 1 aromatic heterocycles. The van der Waals surface area contributed by atoms with Crippen molar-refractivity contribution in [3.05, 3.63) is 58.6 Å². The molecule has 2 heterocycles. The van der Waals surface area contributed by atoms with Crippen LogP contribution in [0.2, 0.25) is 5.02 Å². The quantitative estimate of drug-likeness (QED) is 0.503. The van der Waals surface area contributed by atoms with Gasteiger partial charge in [-0.25, -0.2) is 13.4 Å². The summed E-state index contributed by atoms with van der Waals surface area (Å²) in [6.45, 7) is 2.81. The third-order valence-electron chi connectivity index (χ3n) is 5.25. The van der Waals surface area contributed by atoms with Crippen molar-refractivity contribution >= 4 is 54.0 Å². The number of hydrogen-bond donors (Lipinski definition) is 0. The smallest absolute Gasteiger partial charge is 0.244 e. The largest absolute Gasteiger partial charge is 0.376 e. The zero-order chi connectivity index (χ0) is 22.0. The van der Waals surface area contributed by atoms with E-state index in [9.17, 15) is 13.2 Å². The van der Waals surface area contributed by atoms with Crippen LogP contribution in [0.5, 0.6) is 0 Å². The Morgan fingerprint density at radius 2 is 2.03 bits per heavy atom. The van der Waals surface area contributed by atoms with Crippen molar-refractivity contribution in [1.29, 1.82) is 0 Å². The van der Waals surface area contributed by atoms with E-state index in [0.717, 1.165) is 28.6 Å². The van der Waals surface area contributed by atoms with Crippen LogP contribution < -0.4 is 4.90 Å². The first-order valence-corrected chi connectivity index (χ1v) is 13.1. The maximum absolute atomic E-state index is 13.2. The first-order valence-electron chi connectivity index (χ1n) is 10.0. The third kappa shape index (κ3) is 5.26. The summed E-state index contributed by atoms with van der Waals surface area (Å²) in [6, 6.07) is 12.5. The number of aryl methyl sites for hydroxylation is 1. The van der Waals surface area contributed by atoms with Gasteiger partial charge in [0.1, 0.15) is 5.75 Å². The van der Waals surface area contributed by atoms with Gasteiger partial charge in [-0.05, 0) is 43.0 Å². The molecule has 1 aliphatic heterocycles. The van der Waals surface area contributed by atoms with Crippen molar-refractivity contribution in [3.63, 3.8) is 0 Å². The second kappa shape index (κ2) is 9.24. The van der Waals surface area contributed by atoms with E-state index >= 15 is 0 Å². The lowest BCUT2D eigenvalue weighted by atomic mass is 10.2. The van der Waals surface area contributed by atoms with Gasteiger partial charge in [0, 0.05) is 11.6 Å². The van der Waals surface area contributed by atoms with Gasteiger partial charge in [0.05, 0.1) is 28.6 Å². The molecule has 0 N–H and O–H groups in total. The molecule has 0 radical (unpaired) electrons. The van der Waals surface area contributed by atoms with Gasteiger partial charge >= 0.3 is 0 Å². The number of rotatable bonds is 7. The highest BCUT2D eigenvalue weighted by Crippen LogP contribution is 2.34. The number of carbonyl (C=O) groups is 1. The fourth-order valence-corrected chi connectivity index (χ4v) is 6.17. The summed E-state index contributed by atoms with van der Waals surface area (Å²) in [6.07, 6.45) is 1.63. The van der Waals surface area contributed by atoms with Crippen molar-refractivity contribution in [1.82, 2.24) is 4.98 Å². The molecule has 6 nitrogen and oxygen atoms in total. The minimum absolute atomic E-state index is 0.127. The Morgan fingerprint density at radius 3 is 2.74 bits per heavy atom. The standard InChI is InChI=1S/C22H23ClN2O4S2/c1-15-18(23)9-10-19-21(15)24-22(30-19)25(12-17-8-5-11-29-17)20(26)14-31(27,28)13-16-6-3-2-4-7-16/h2-4,6-7,9-10,17H,5,8,11-14H2,1H3. The molecule has 0 spiro atoms. The molecule has 0 saturated carbocycles. The highest BCUT2D eigenvalue weighted by atomic mass is 35.5. The number of carbonyl (C=O) groups excluding carboxylic acids is 1. The summed E-state index contributed by atoms with van der Waals surface area (Å²) in [5.74, 6) is -1.25. The Bertz CT molecular complexity index is 1190. The van der Waals surface area contributed by atoms with E-state index in [1.807, 2.05) is 19.1 Å². The number of sulfone groups is 1. The molecule has 1 fully saturated rings. The Morgan fingerprint density at radius 1 is 1.26 bits per heavy atom. The molecular weight excluding hydrogens is 456 g/mol. The van der Waals surface area contributed by atoms with Crippen LogP contribution in [0.4, 0.5) is 5.13 Å². The lowest BCUT2D eigenvalue weighted by Gasteiger charge is -2.23. The van der Waals surface area contributed by atoms with Crippen molar-refractivity contribution in [3.8, 4) is 0 Å². The molecule has 2 aromatic carbocycles. The van der Waals surface area contributed by atoms with Gasteiger partial charge in [-0.1, -0.05) is 53.3 Å². The highest BCUT2D eigenvalue weighted by molar-refractivity contribution is 7.91. The molecule has 1 atom stereocenters. The normalized spacial score (nSPS) is 16.6. The maximum atomic E-state index is 13.2. The summed E-state index contributed by atoms with van der Waals surface area (Å²) in [5.41, 5.74) is 2.22. The lowest BCUT2D eigenvalue weighted by Crippen LogP contribution is -2.41. The summed E-state index contributed by atoms with van der Waals surface area (Å²) in [4.78, 5) is 19.3. The van der Waals surface area contributed by atoms with E-state index in [4.69, 9.17) is 16.3 Å². The van der Waals surface area contributed by atoms with E-state index in [2.05, 4.69) is 4.98 Å². The van der Waals surface area contributed by atoms with Gasteiger partial charge in [0.2, 0.25) is 5.91 Å². The molecule has 31 heavy (non-hydrogen) atoms. The number of fused-ring (bicyclic) bond motifs is 1. The predicted molar refractivity (Wildman–Crippen MR) is 125 cm³/mol. The van der Waals surface area contributed by atoms with Gasteiger partial charge in [-0.15, -0.1) is 0 Å². The lowest BCUT2D eigenvalue weighted by molar-refractivity contribution is -0.116. The zero-order valence-electron chi connectivity index (χ0n) is 17.1. The van der Waals surface area contributed by atoms with Gasteiger partial charge in [0.25, 0.3) is 0 Å². The monoisotopic (exact) mass is 478 g/mol. The number of aromatic nitrogens is 1. The average Bonchev–Trinajstić information content (AvgIpc) is 3.39. The number of thiazole rings is 1. The first kappa shape index (κ1) is 22.2. The summed E-state index contributed by atoms with van der Waals surface area (Å²) in [5, 5.41) is 1.07. The van der Waals surface area contributed by atoms with Crippen LogP contribution in [0.25, 0.3) is 10.2 Å². The van der Waals surface area contributed by atoms with Gasteiger partial charge < -0.3 is 4.74 Å². The number of hydrogen-bond acceptors (Lipinski definition) is 6. The minimum Gasteiger partial charge on any atom is -0.376 e. The molecule has 1 amide bonds. The predicted octanol–water partition coefficient (Wildman–Crippen LogP) is 4.39. The van der Waals surface area contributed by atoms with E-state index < -0.39 is 21.5 Å². The van der Waals surface area contributed by atoms with Crippen molar-refractivity contribution in [2.24, 2.45) is 0 Å². The van der Waals surface area contributed by atoms with E-state index in [1.54, 1.807) is 30.3 Å². The molecule has 3 aromatic rings. The molecule has 0 bridgehead atoms. The zero-order valence-corrected chi connectivity index (χ0v) is 19.5. The topological polar surface area (TPSA) is 76.6 Å². The van der Waals surface area contributed by atoms with Crippen LogP contribution in [-0.4, -0.2) is 44.3 Å². The third-order valence-corrected chi connectivity index (χ3v) is 8.16. The number of benzene rings is 2. The van der Waals surface area contributed by atoms with Gasteiger partial charge in [-0.2, -0.15) is 0 Å². The molecule has 4 rings (SSSR count). The second-order valence-corrected chi connectivity index (χ2v) is 11.2. The molecule has 164 valence electrons. The molecule has 0 aliphatic carbocycles. The van der Waals surface area contributed by atoms with Crippen molar-refractivity contribution < 1.29 is 17.9 Å². The molecular formula is C22H23ClN2O4S2. The second-order valence-electron chi connectivity index (χ2n) is 7.67. The number of anilines is 1. The number of halogens is 1. The van der Waals surface area contributed by atoms with E-state index in [-0.39, 0.29) is 18.4 Å². The van der Waals surface area contributed by atoms with Crippen LogP contribution in [0, 0.1) is 6.92 Å². The summed E-state index contributed by atoms with van der Waals surface area (Å²) >= 11 is 7.58. The van der Waals surface area contributed by atoms with Crippen LogP contribution in [0.1, 0.15) is 24.0 Å². The number of nitrogens with zero attached hydrogens (tertiary/aromatic N) is 2. The molecule has 9 heteroatoms. The van der Waals surface area contributed by atoms with Crippen LogP contribution in [-0.2, 0) is 25.1 Å². The summed E-state index contributed by atoms with van der Waals surface area (Å²) < 4.78 is 32.1. The van der Waals surface area contributed by atoms with Crippen LogP contribution >= 0.6 is 22.9 Å². The van der Waals surface area contributed by atoms with Crippen molar-refractivity contribution in [2.75, 3.05) is 23.8 Å². The Kier molecular flexibility index (Phi) is 6.62. The van der Waals surface area contributed by atoms with Crippen LogP contribution in [0.15, 0.2) is 42.5 Å². The Labute approximate surface area is 190 Å². The SMILES string of the molecule is Cc1c(Cl)ccc2sc(N(CC3CCCO3)C(=O)CS(=O)(=O)Cc3ccccc3)nc12. The van der Waals surface area contributed by atoms with E-state index in [1.165, 1.54) is 16.2 Å². The maximum Gasteiger partial charge on any atom is 0.244 e. The average molecular weight is 479 g/mol. The molecule has 1 saturated heterocycles. The fourth-order valence-electron chi connectivity index (χ4n) is 3.63.